The molecule has 10 nitrogen and oxygen atoms in total. The minimum absolute atomic E-state index is 0.0761. The van der Waals surface area contributed by atoms with Crippen LogP contribution in [-0.2, 0) is 19.1 Å². The van der Waals surface area contributed by atoms with Crippen LogP contribution in [0, 0.1) is 4.91 Å². The van der Waals surface area contributed by atoms with E-state index in [1.54, 1.807) is 11.1 Å². The van der Waals surface area contributed by atoms with Gasteiger partial charge in [-0.15, -0.1) is 16.2 Å². The van der Waals surface area contributed by atoms with E-state index in [2.05, 4.69) is 20.5 Å². The second kappa shape index (κ2) is 8.25. The molecular weight excluding hydrogens is 362 g/mol. The molecule has 0 aliphatic carbocycles. The molecule has 1 unspecified atom stereocenters. The largest absolute Gasteiger partial charge is 0.466 e. The molecule has 1 aromatic rings. The number of amides is 1. The van der Waals surface area contributed by atoms with Crippen molar-refractivity contribution in [3.8, 4) is 0 Å². The van der Waals surface area contributed by atoms with Gasteiger partial charge in [0.25, 0.3) is 0 Å². The number of thiazole rings is 1. The number of carbonyl (C=O) groups excluding carboxylic acids is 2. The topological polar surface area (TPSA) is 123 Å². The van der Waals surface area contributed by atoms with Gasteiger partial charge in [0.05, 0.1) is 38.1 Å². The van der Waals surface area contributed by atoms with Gasteiger partial charge in [-0.3, -0.25) is 9.69 Å². The third-order valence-corrected chi connectivity index (χ3v) is 4.84. The second-order valence-corrected chi connectivity index (χ2v) is 6.45. The Labute approximate surface area is 152 Å². The van der Waals surface area contributed by atoms with E-state index < -0.39 is 17.9 Å². The van der Waals surface area contributed by atoms with Crippen LogP contribution in [0.3, 0.4) is 0 Å². The van der Waals surface area contributed by atoms with Crippen molar-refractivity contribution in [1.29, 1.82) is 0 Å². The van der Waals surface area contributed by atoms with Gasteiger partial charge in [-0.1, -0.05) is 0 Å². The summed E-state index contributed by atoms with van der Waals surface area (Å²) in [6.45, 7) is 1.32. The van der Waals surface area contributed by atoms with Crippen LogP contribution in [0.2, 0.25) is 0 Å². The summed E-state index contributed by atoms with van der Waals surface area (Å²) < 4.78 is 10.1. The molecule has 0 aromatic carbocycles. The summed E-state index contributed by atoms with van der Waals surface area (Å²) in [5.41, 5.74) is 0.830. The molecule has 1 amide bonds. The first-order chi connectivity index (χ1) is 12.6. The summed E-state index contributed by atoms with van der Waals surface area (Å²) in [4.78, 5) is 45.0. The molecule has 1 aromatic heterocycles. The lowest BCUT2D eigenvalue weighted by Gasteiger charge is -2.33. The number of morpholine rings is 1. The Kier molecular flexibility index (Phi) is 5.81. The fourth-order valence-electron chi connectivity index (χ4n) is 2.73. The summed E-state index contributed by atoms with van der Waals surface area (Å²) in [6, 6.07) is -0.791. The maximum Gasteiger partial charge on any atom is 0.337 e. The van der Waals surface area contributed by atoms with Gasteiger partial charge in [0.2, 0.25) is 0 Å². The van der Waals surface area contributed by atoms with E-state index in [0.29, 0.717) is 35.3 Å². The first-order valence-electron chi connectivity index (χ1n) is 7.85. The summed E-state index contributed by atoms with van der Waals surface area (Å²) in [5, 5.41) is 8.08. The SMILES string of the molecule is COC(=O)C1=C(CN2CCOCC2C(=O)N=O)N=C(c2nccs2)NC1. The van der Waals surface area contributed by atoms with Gasteiger partial charge >= 0.3 is 11.9 Å². The average Bonchev–Trinajstić information content (AvgIpc) is 3.22. The normalized spacial score (nSPS) is 21.0. The molecule has 0 bridgehead atoms. The number of amidine groups is 1. The number of rotatable bonds is 5. The fourth-order valence-corrected chi connectivity index (χ4v) is 3.33. The predicted octanol–water partition coefficient (Wildman–Crippen LogP) is -0.0862. The van der Waals surface area contributed by atoms with Crippen molar-refractivity contribution in [1.82, 2.24) is 15.2 Å². The molecule has 11 heteroatoms. The highest BCUT2D eigenvalue weighted by Gasteiger charge is 2.33. The molecule has 1 saturated heterocycles. The number of nitroso groups, excluding NO2 is 1. The van der Waals surface area contributed by atoms with Crippen molar-refractivity contribution in [3.63, 3.8) is 0 Å². The second-order valence-electron chi connectivity index (χ2n) is 5.56. The lowest BCUT2D eigenvalue weighted by Crippen LogP contribution is -2.50. The quantitative estimate of drug-likeness (QED) is 0.556. The Morgan fingerprint density at radius 1 is 1.54 bits per heavy atom. The van der Waals surface area contributed by atoms with Crippen molar-refractivity contribution >= 4 is 29.0 Å². The predicted molar refractivity (Wildman–Crippen MR) is 92.7 cm³/mol. The number of carbonyl (C=O) groups is 2. The molecule has 26 heavy (non-hydrogen) atoms. The number of hydrogen-bond donors (Lipinski definition) is 1. The smallest absolute Gasteiger partial charge is 0.337 e. The van der Waals surface area contributed by atoms with Crippen LogP contribution in [0.4, 0.5) is 0 Å². The van der Waals surface area contributed by atoms with Gasteiger partial charge in [-0.05, 0) is 0 Å². The number of ether oxygens (including phenoxy) is 2. The van der Waals surface area contributed by atoms with Gasteiger partial charge in [-0.2, -0.15) is 0 Å². The molecule has 0 radical (unpaired) electrons. The van der Waals surface area contributed by atoms with E-state index in [1.165, 1.54) is 18.4 Å². The van der Waals surface area contributed by atoms with Crippen LogP contribution in [0.15, 0.2) is 33.0 Å². The number of nitrogens with one attached hydrogen (secondary N) is 1. The molecule has 0 saturated carbocycles. The highest BCUT2D eigenvalue weighted by Crippen LogP contribution is 2.20. The van der Waals surface area contributed by atoms with Crippen molar-refractivity contribution in [2.24, 2.45) is 10.2 Å². The zero-order valence-corrected chi connectivity index (χ0v) is 14.8. The number of aliphatic imine (C=N–C) groups is 1. The van der Waals surface area contributed by atoms with Crippen molar-refractivity contribution in [2.45, 2.75) is 6.04 Å². The van der Waals surface area contributed by atoms with E-state index in [0.717, 1.165) is 0 Å². The molecular formula is C15H17N5O5S. The van der Waals surface area contributed by atoms with Gasteiger partial charge in [0.1, 0.15) is 6.04 Å². The van der Waals surface area contributed by atoms with E-state index >= 15 is 0 Å². The van der Waals surface area contributed by atoms with Crippen molar-refractivity contribution < 1.29 is 19.1 Å². The molecule has 138 valence electrons. The monoisotopic (exact) mass is 379 g/mol. The highest BCUT2D eigenvalue weighted by molar-refractivity contribution is 7.11. The Balaban J connectivity index is 1.91. The third-order valence-electron chi connectivity index (χ3n) is 4.06. The molecule has 1 N–H and O–H groups in total. The number of hydrogen-bond acceptors (Lipinski definition) is 10. The Morgan fingerprint density at radius 2 is 2.38 bits per heavy atom. The molecule has 3 rings (SSSR count). The maximum atomic E-state index is 12.1. The zero-order chi connectivity index (χ0) is 18.5. The molecule has 2 aliphatic rings. The Hall–Kier alpha value is -2.50. The molecule has 2 aliphatic heterocycles. The average molecular weight is 379 g/mol. The van der Waals surface area contributed by atoms with Gasteiger partial charge in [0.15, 0.2) is 10.8 Å². The molecule has 1 fully saturated rings. The zero-order valence-electron chi connectivity index (χ0n) is 14.0. The van der Waals surface area contributed by atoms with Crippen LogP contribution in [0.1, 0.15) is 5.01 Å². The minimum atomic E-state index is -0.803. The van der Waals surface area contributed by atoms with Crippen molar-refractivity contribution in [2.75, 3.05) is 40.0 Å². The van der Waals surface area contributed by atoms with Crippen LogP contribution >= 0.6 is 11.3 Å². The molecule has 0 spiro atoms. The van der Waals surface area contributed by atoms with E-state index in [1.807, 2.05) is 5.38 Å². The summed E-state index contributed by atoms with van der Waals surface area (Å²) in [6.07, 6.45) is 1.66. The fraction of sp³-hybridized carbons (Fsp3) is 0.467. The number of methoxy groups -OCH3 is 1. The van der Waals surface area contributed by atoms with Gasteiger partial charge in [-0.25, -0.2) is 14.8 Å². The third kappa shape index (κ3) is 3.84. The first-order valence-corrected chi connectivity index (χ1v) is 8.73. The van der Waals surface area contributed by atoms with E-state index in [9.17, 15) is 14.5 Å². The van der Waals surface area contributed by atoms with Gasteiger partial charge < -0.3 is 14.8 Å². The summed E-state index contributed by atoms with van der Waals surface area (Å²) in [5.74, 6) is -0.755. The lowest BCUT2D eigenvalue weighted by atomic mass is 10.1. The lowest BCUT2D eigenvalue weighted by molar-refractivity contribution is -0.136. The summed E-state index contributed by atoms with van der Waals surface area (Å²) in [7, 11) is 1.30. The minimum Gasteiger partial charge on any atom is -0.466 e. The summed E-state index contributed by atoms with van der Waals surface area (Å²) >= 11 is 1.41. The van der Waals surface area contributed by atoms with Crippen LogP contribution in [-0.4, -0.2) is 73.6 Å². The highest BCUT2D eigenvalue weighted by atomic mass is 32.1. The van der Waals surface area contributed by atoms with E-state index in [4.69, 9.17) is 9.47 Å². The van der Waals surface area contributed by atoms with Crippen molar-refractivity contribution in [3.05, 3.63) is 32.8 Å². The Bertz CT molecular complexity index is 760. The van der Waals surface area contributed by atoms with Gasteiger partial charge in [0, 0.05) is 29.8 Å². The number of esters is 1. The standard InChI is InChI=1S/C15H17N5O5S/c1-24-15(22)9-6-17-12(14-16-2-5-26-14)18-10(9)7-20-3-4-25-8-11(20)13(21)19-23/h2,5,11H,3-4,6-8H2,1H3,(H,17,18). The van der Waals surface area contributed by atoms with E-state index in [-0.39, 0.29) is 19.7 Å². The number of aromatic nitrogens is 1. The van der Waals surface area contributed by atoms with Crippen LogP contribution < -0.4 is 5.32 Å². The maximum absolute atomic E-state index is 12.1. The first kappa shape index (κ1) is 18.3. The number of nitrogens with zero attached hydrogens (tertiary/aromatic N) is 4. The Morgan fingerprint density at radius 3 is 3.08 bits per heavy atom. The van der Waals surface area contributed by atoms with Crippen LogP contribution in [0.25, 0.3) is 0 Å². The molecule has 3 heterocycles. The molecule has 1 atom stereocenters. The van der Waals surface area contributed by atoms with Crippen LogP contribution in [0.5, 0.6) is 0 Å².